The van der Waals surface area contributed by atoms with Gasteiger partial charge in [0.05, 0.1) is 4.90 Å². The minimum Gasteiger partial charge on any atom is -0.348 e. The number of hydrogen-bond acceptors (Lipinski definition) is 4. The Hall–Kier alpha value is -3.00. The van der Waals surface area contributed by atoms with Crippen LogP contribution in [0.4, 0.5) is 0 Å². The summed E-state index contributed by atoms with van der Waals surface area (Å²) in [5, 5.41) is 2.98. The highest BCUT2D eigenvalue weighted by Gasteiger charge is 2.28. The smallest absolute Gasteiger partial charge is 0.251 e. The van der Waals surface area contributed by atoms with E-state index in [1.165, 1.54) is 5.56 Å². The highest BCUT2D eigenvalue weighted by molar-refractivity contribution is 7.89. The van der Waals surface area contributed by atoms with Crippen LogP contribution in [0.15, 0.2) is 83.8 Å². The number of amides is 1. The van der Waals surface area contributed by atoms with Crippen molar-refractivity contribution < 1.29 is 13.2 Å². The van der Waals surface area contributed by atoms with Gasteiger partial charge >= 0.3 is 0 Å². The van der Waals surface area contributed by atoms with E-state index in [0.29, 0.717) is 49.7 Å². The molecule has 0 bridgehead atoms. The van der Waals surface area contributed by atoms with E-state index >= 15 is 0 Å². The Balaban J connectivity index is 1.31. The van der Waals surface area contributed by atoms with Crippen molar-refractivity contribution in [2.75, 3.05) is 26.2 Å². The molecule has 1 aliphatic heterocycles. The van der Waals surface area contributed by atoms with Crippen LogP contribution in [-0.2, 0) is 23.1 Å². The Morgan fingerprint density at radius 2 is 1.55 bits per heavy atom. The molecule has 1 aliphatic rings. The molecule has 0 radical (unpaired) electrons. The maximum absolute atomic E-state index is 12.8. The fourth-order valence-electron chi connectivity index (χ4n) is 3.93. The molecular formula is C26H29N3O3S. The highest BCUT2D eigenvalue weighted by Crippen LogP contribution is 2.18. The average molecular weight is 464 g/mol. The van der Waals surface area contributed by atoms with Crippen LogP contribution in [0, 0.1) is 6.92 Å². The van der Waals surface area contributed by atoms with Crippen molar-refractivity contribution >= 4 is 15.9 Å². The summed E-state index contributed by atoms with van der Waals surface area (Å²) in [5.74, 6) is -0.101. The molecule has 1 heterocycles. The van der Waals surface area contributed by atoms with E-state index in [0.717, 1.165) is 11.1 Å². The van der Waals surface area contributed by atoms with Crippen LogP contribution in [0.25, 0.3) is 0 Å². The van der Waals surface area contributed by atoms with E-state index in [-0.39, 0.29) is 5.91 Å². The second-order valence-corrected chi connectivity index (χ2v) is 10.3. The first-order valence-corrected chi connectivity index (χ1v) is 12.6. The van der Waals surface area contributed by atoms with Gasteiger partial charge in [0.1, 0.15) is 0 Å². The Kier molecular flexibility index (Phi) is 7.23. The van der Waals surface area contributed by atoms with Crippen molar-refractivity contribution in [2.24, 2.45) is 0 Å². The summed E-state index contributed by atoms with van der Waals surface area (Å²) >= 11 is 0. The van der Waals surface area contributed by atoms with Crippen LogP contribution in [0.1, 0.15) is 27.0 Å². The molecule has 0 atom stereocenters. The Morgan fingerprint density at radius 3 is 2.24 bits per heavy atom. The van der Waals surface area contributed by atoms with Crippen LogP contribution >= 0.6 is 0 Å². The molecule has 0 saturated carbocycles. The quantitative estimate of drug-likeness (QED) is 0.583. The van der Waals surface area contributed by atoms with Crippen LogP contribution in [-0.4, -0.2) is 49.7 Å². The maximum atomic E-state index is 12.8. The summed E-state index contributed by atoms with van der Waals surface area (Å²) in [7, 11) is -3.45. The Bertz CT molecular complexity index is 1190. The summed E-state index contributed by atoms with van der Waals surface area (Å²) in [6.07, 6.45) is 0. The first kappa shape index (κ1) is 23.2. The van der Waals surface area contributed by atoms with E-state index < -0.39 is 10.0 Å². The zero-order valence-electron chi connectivity index (χ0n) is 18.8. The second-order valence-electron chi connectivity index (χ2n) is 8.36. The lowest BCUT2D eigenvalue weighted by Crippen LogP contribution is -2.48. The molecular weight excluding hydrogens is 434 g/mol. The topological polar surface area (TPSA) is 69.7 Å². The number of piperazine rings is 1. The van der Waals surface area contributed by atoms with Gasteiger partial charge in [-0.2, -0.15) is 4.31 Å². The SMILES string of the molecule is Cc1ccc(CNC(=O)c2cccc(CN3CCN(S(=O)(=O)c4ccccc4)CC3)c2)cc1. The lowest BCUT2D eigenvalue weighted by molar-refractivity contribution is 0.0950. The molecule has 172 valence electrons. The van der Waals surface area contributed by atoms with E-state index in [1.807, 2.05) is 61.5 Å². The van der Waals surface area contributed by atoms with Gasteiger partial charge in [-0.3, -0.25) is 9.69 Å². The zero-order chi connectivity index (χ0) is 23.3. The molecule has 0 aliphatic carbocycles. The number of benzene rings is 3. The maximum Gasteiger partial charge on any atom is 0.251 e. The van der Waals surface area contributed by atoms with Crippen LogP contribution in [0.3, 0.4) is 0 Å². The predicted octanol–water partition coefficient (Wildman–Crippen LogP) is 3.43. The van der Waals surface area contributed by atoms with Crippen LogP contribution in [0.2, 0.25) is 0 Å². The van der Waals surface area contributed by atoms with Gasteiger partial charge in [-0.15, -0.1) is 0 Å². The predicted molar refractivity (Wildman–Crippen MR) is 129 cm³/mol. The van der Waals surface area contributed by atoms with Crippen molar-refractivity contribution in [1.82, 2.24) is 14.5 Å². The molecule has 3 aromatic carbocycles. The number of carbonyl (C=O) groups is 1. The molecule has 1 amide bonds. The first-order chi connectivity index (χ1) is 15.9. The Labute approximate surface area is 195 Å². The average Bonchev–Trinajstić information content (AvgIpc) is 2.84. The van der Waals surface area contributed by atoms with Gasteiger partial charge in [-0.05, 0) is 42.3 Å². The third-order valence-electron chi connectivity index (χ3n) is 5.88. The van der Waals surface area contributed by atoms with Crippen LogP contribution in [0.5, 0.6) is 0 Å². The number of nitrogens with one attached hydrogen (secondary N) is 1. The third-order valence-corrected chi connectivity index (χ3v) is 7.79. The van der Waals surface area contributed by atoms with Crippen molar-refractivity contribution in [2.45, 2.75) is 24.9 Å². The number of rotatable bonds is 7. The molecule has 6 nitrogen and oxygen atoms in total. The normalized spacial score (nSPS) is 15.3. The number of aryl methyl sites for hydroxylation is 1. The molecule has 1 saturated heterocycles. The van der Waals surface area contributed by atoms with E-state index in [9.17, 15) is 13.2 Å². The zero-order valence-corrected chi connectivity index (χ0v) is 19.6. The van der Waals surface area contributed by atoms with Gasteiger partial charge in [-0.25, -0.2) is 8.42 Å². The molecule has 33 heavy (non-hydrogen) atoms. The summed E-state index contributed by atoms with van der Waals surface area (Å²) in [6.45, 7) is 5.41. The van der Waals surface area contributed by atoms with Crippen molar-refractivity contribution in [3.8, 4) is 0 Å². The fourth-order valence-corrected chi connectivity index (χ4v) is 5.37. The molecule has 7 heteroatoms. The molecule has 4 rings (SSSR count). The summed E-state index contributed by atoms with van der Waals surface area (Å²) in [4.78, 5) is 15.2. The van der Waals surface area contributed by atoms with E-state index in [2.05, 4.69) is 10.2 Å². The molecule has 1 fully saturated rings. The van der Waals surface area contributed by atoms with E-state index in [1.54, 1.807) is 28.6 Å². The molecule has 0 unspecified atom stereocenters. The monoisotopic (exact) mass is 463 g/mol. The fraction of sp³-hybridized carbons (Fsp3) is 0.269. The summed E-state index contributed by atoms with van der Waals surface area (Å²) < 4.78 is 27.2. The van der Waals surface area contributed by atoms with Crippen molar-refractivity contribution in [3.63, 3.8) is 0 Å². The lowest BCUT2D eigenvalue weighted by Gasteiger charge is -2.34. The standard InChI is InChI=1S/C26H29N3O3S/c1-21-10-12-22(13-11-21)19-27-26(30)24-7-5-6-23(18-24)20-28-14-16-29(17-15-28)33(31,32)25-8-3-2-4-9-25/h2-13,18H,14-17,19-20H2,1H3,(H,27,30). The van der Waals surface area contributed by atoms with E-state index in [4.69, 9.17) is 0 Å². The minimum absolute atomic E-state index is 0.101. The van der Waals surface area contributed by atoms with Gasteiger partial charge < -0.3 is 5.32 Å². The number of sulfonamides is 1. The van der Waals surface area contributed by atoms with Gasteiger partial charge in [-0.1, -0.05) is 60.2 Å². The largest absolute Gasteiger partial charge is 0.348 e. The summed E-state index contributed by atoms with van der Waals surface area (Å²) in [5.41, 5.74) is 3.92. The van der Waals surface area contributed by atoms with Gasteiger partial charge in [0.2, 0.25) is 10.0 Å². The highest BCUT2D eigenvalue weighted by atomic mass is 32.2. The van der Waals surface area contributed by atoms with Gasteiger partial charge in [0, 0.05) is 44.8 Å². The second kappa shape index (κ2) is 10.3. The minimum atomic E-state index is -3.45. The summed E-state index contributed by atoms with van der Waals surface area (Å²) in [6, 6.07) is 24.3. The third kappa shape index (κ3) is 5.87. The van der Waals surface area contributed by atoms with Crippen molar-refractivity contribution in [3.05, 3.63) is 101 Å². The van der Waals surface area contributed by atoms with Crippen LogP contribution < -0.4 is 5.32 Å². The first-order valence-electron chi connectivity index (χ1n) is 11.1. The molecule has 1 N–H and O–H groups in total. The number of hydrogen-bond donors (Lipinski definition) is 1. The van der Waals surface area contributed by atoms with Crippen molar-refractivity contribution in [1.29, 1.82) is 0 Å². The molecule has 3 aromatic rings. The number of nitrogens with zero attached hydrogens (tertiary/aromatic N) is 2. The lowest BCUT2D eigenvalue weighted by atomic mass is 10.1. The number of carbonyl (C=O) groups excluding carboxylic acids is 1. The molecule has 0 spiro atoms. The van der Waals surface area contributed by atoms with Gasteiger partial charge in [0.15, 0.2) is 0 Å². The Morgan fingerprint density at radius 1 is 0.848 bits per heavy atom. The van der Waals surface area contributed by atoms with Gasteiger partial charge in [0.25, 0.3) is 5.91 Å². The molecule has 0 aromatic heterocycles.